The van der Waals surface area contributed by atoms with E-state index >= 15 is 0 Å². The van der Waals surface area contributed by atoms with Gasteiger partial charge in [0.2, 0.25) is 0 Å². The molecule has 0 bridgehead atoms. The van der Waals surface area contributed by atoms with Gasteiger partial charge < -0.3 is 14.6 Å². The molecular weight excluding hydrogens is 466 g/mol. The molecule has 12 heteroatoms. The minimum atomic E-state index is -4.71. The first-order valence-electron chi connectivity index (χ1n) is 8.53. The van der Waals surface area contributed by atoms with E-state index in [1.807, 2.05) is 0 Å². The minimum Gasteiger partial charge on any atom is -0.495 e. The molecule has 0 fully saturated rings. The lowest BCUT2D eigenvalue weighted by Gasteiger charge is -2.14. The van der Waals surface area contributed by atoms with Crippen LogP contribution in [0.15, 0.2) is 23.6 Å². The summed E-state index contributed by atoms with van der Waals surface area (Å²) in [6.45, 7) is 1.52. The number of aromatic nitrogens is 1. The molecule has 3 aromatic rings. The van der Waals surface area contributed by atoms with Crippen molar-refractivity contribution in [1.82, 2.24) is 4.57 Å². The van der Waals surface area contributed by atoms with Crippen LogP contribution >= 0.6 is 22.9 Å². The van der Waals surface area contributed by atoms with Crippen molar-refractivity contribution in [3.05, 3.63) is 45.4 Å². The third kappa shape index (κ3) is 4.33. The zero-order valence-corrected chi connectivity index (χ0v) is 17.5. The zero-order valence-electron chi connectivity index (χ0n) is 15.9. The molecule has 31 heavy (non-hydrogen) atoms. The van der Waals surface area contributed by atoms with Crippen LogP contribution in [0, 0.1) is 6.92 Å². The summed E-state index contributed by atoms with van der Waals surface area (Å²) in [7, 11) is 1.38. The summed E-state index contributed by atoms with van der Waals surface area (Å²) in [5.41, 5.74) is 0.787. The van der Waals surface area contributed by atoms with Crippen LogP contribution in [0.25, 0.3) is 10.9 Å². The van der Waals surface area contributed by atoms with Gasteiger partial charge in [0.15, 0.2) is 5.06 Å². The molecule has 0 atom stereocenters. The van der Waals surface area contributed by atoms with E-state index in [1.165, 1.54) is 36.1 Å². The molecule has 0 saturated carbocycles. The normalized spacial score (nSPS) is 11.9. The average Bonchev–Trinajstić information content (AvgIpc) is 3.23. The average molecular weight is 480 g/mol. The summed E-state index contributed by atoms with van der Waals surface area (Å²) < 4.78 is 61.3. The van der Waals surface area contributed by atoms with Crippen LogP contribution in [0.3, 0.4) is 0 Å². The number of rotatable bonds is 7. The second-order valence-electron chi connectivity index (χ2n) is 6.40. The van der Waals surface area contributed by atoms with Crippen molar-refractivity contribution in [2.24, 2.45) is 0 Å². The van der Waals surface area contributed by atoms with Crippen molar-refractivity contribution in [2.45, 2.75) is 25.9 Å². The molecule has 0 aliphatic heterocycles. The summed E-state index contributed by atoms with van der Waals surface area (Å²) in [5.74, 6) is -1.57. The van der Waals surface area contributed by atoms with E-state index in [4.69, 9.17) is 16.3 Å². The first-order chi connectivity index (χ1) is 14.5. The predicted octanol–water partition coefficient (Wildman–Crippen LogP) is 5.23. The van der Waals surface area contributed by atoms with E-state index in [1.54, 1.807) is 0 Å². The molecule has 1 N–H and O–H groups in total. The van der Waals surface area contributed by atoms with E-state index in [9.17, 15) is 32.3 Å². The van der Waals surface area contributed by atoms with Gasteiger partial charge >= 0.3 is 18.5 Å². The van der Waals surface area contributed by atoms with Gasteiger partial charge in [0.25, 0.3) is 5.91 Å². The maximum absolute atomic E-state index is 13.1. The summed E-state index contributed by atoms with van der Waals surface area (Å²) >= 11 is 6.71. The van der Waals surface area contributed by atoms with E-state index in [0.717, 1.165) is 6.07 Å². The Morgan fingerprint density at radius 1 is 1.29 bits per heavy atom. The molecular formula is C19H14ClF4NO5S. The number of carbonyl (C=O) groups excluding carboxylic acids is 1. The van der Waals surface area contributed by atoms with Crippen LogP contribution in [-0.2, 0) is 11.2 Å². The maximum atomic E-state index is 13.1. The third-order valence-corrected chi connectivity index (χ3v) is 5.55. The van der Waals surface area contributed by atoms with Crippen LogP contribution in [0.2, 0.25) is 5.02 Å². The molecule has 166 valence electrons. The highest BCUT2D eigenvalue weighted by molar-refractivity contribution is 7.12. The number of hydrogen-bond donors (Lipinski definition) is 1. The number of ether oxygens (including phenoxy) is 2. The minimum absolute atomic E-state index is 0.112. The van der Waals surface area contributed by atoms with E-state index in [2.05, 4.69) is 4.74 Å². The SMILES string of the molecule is COc1cc2c(CC(=O)O)c(C)n(C(=O)c3csc(OC(F)(F)C(F)F)c3)c2cc1Cl. The standard InChI is InChI=1S/C19H14ClF4NO5S/c1-8-10(5-15(26)27)11-4-14(29-2)12(20)6-13(11)25(8)17(28)9-3-16(31-7-9)30-19(23,24)18(21)22/h3-4,6-7,18H,5H2,1-2H3,(H,26,27). The largest absolute Gasteiger partial charge is 0.495 e. The number of nitrogens with zero attached hydrogens (tertiary/aromatic N) is 1. The lowest BCUT2D eigenvalue weighted by atomic mass is 10.1. The number of halogens is 5. The number of benzene rings is 1. The number of alkyl halides is 4. The Morgan fingerprint density at radius 2 is 1.97 bits per heavy atom. The Balaban J connectivity index is 2.10. The second-order valence-corrected chi connectivity index (χ2v) is 7.68. The summed E-state index contributed by atoms with van der Waals surface area (Å²) in [6.07, 6.45) is -9.15. The molecule has 0 spiro atoms. The second kappa shape index (κ2) is 8.39. The van der Waals surface area contributed by atoms with E-state index < -0.39 is 35.9 Å². The summed E-state index contributed by atoms with van der Waals surface area (Å²) in [6, 6.07) is 3.83. The Kier molecular flexibility index (Phi) is 6.19. The number of fused-ring (bicyclic) bond motifs is 1. The van der Waals surface area contributed by atoms with Gasteiger partial charge in [0, 0.05) is 22.5 Å². The van der Waals surface area contributed by atoms with E-state index in [-0.39, 0.29) is 21.9 Å². The van der Waals surface area contributed by atoms with Crippen molar-refractivity contribution >= 4 is 45.7 Å². The molecule has 0 amide bonds. The first kappa shape index (κ1) is 22.9. The topological polar surface area (TPSA) is 77.8 Å². The number of aliphatic carboxylic acids is 1. The van der Waals surface area contributed by atoms with Gasteiger partial charge in [-0.25, -0.2) is 0 Å². The van der Waals surface area contributed by atoms with E-state index in [0.29, 0.717) is 28.0 Å². The van der Waals surface area contributed by atoms with Gasteiger partial charge in [-0.3, -0.25) is 14.2 Å². The number of methoxy groups -OCH3 is 1. The lowest BCUT2D eigenvalue weighted by Crippen LogP contribution is -2.33. The van der Waals surface area contributed by atoms with Crippen LogP contribution < -0.4 is 9.47 Å². The molecule has 3 rings (SSSR count). The van der Waals surface area contributed by atoms with Gasteiger partial charge in [-0.15, -0.1) is 11.3 Å². The van der Waals surface area contributed by atoms with Gasteiger partial charge in [0.05, 0.1) is 29.6 Å². The molecule has 0 radical (unpaired) electrons. The Hall–Kier alpha value is -2.79. The quantitative estimate of drug-likeness (QED) is 0.470. The highest BCUT2D eigenvalue weighted by Crippen LogP contribution is 2.37. The summed E-state index contributed by atoms with van der Waals surface area (Å²) in [5, 5.41) is 10.4. The highest BCUT2D eigenvalue weighted by atomic mass is 35.5. The zero-order chi connectivity index (χ0) is 23.1. The van der Waals surface area contributed by atoms with Gasteiger partial charge in [-0.2, -0.15) is 17.6 Å². The number of thiophene rings is 1. The molecule has 1 aromatic carbocycles. The fourth-order valence-corrected chi connectivity index (χ4v) is 4.06. The third-order valence-electron chi connectivity index (χ3n) is 4.45. The number of carboxylic acid groups (broad SMARTS) is 1. The Bertz CT molecular complexity index is 1170. The van der Waals surface area contributed by atoms with Crippen LogP contribution in [-0.4, -0.2) is 41.2 Å². The first-order valence-corrected chi connectivity index (χ1v) is 9.79. The van der Waals surface area contributed by atoms with Crippen molar-refractivity contribution in [3.63, 3.8) is 0 Å². The molecule has 0 unspecified atom stereocenters. The lowest BCUT2D eigenvalue weighted by molar-refractivity contribution is -0.251. The highest BCUT2D eigenvalue weighted by Gasteiger charge is 2.44. The fourth-order valence-electron chi connectivity index (χ4n) is 3.06. The molecule has 2 aromatic heterocycles. The predicted molar refractivity (Wildman–Crippen MR) is 105 cm³/mol. The fraction of sp³-hybridized carbons (Fsp3) is 0.263. The van der Waals surface area contributed by atoms with Crippen LogP contribution in [0.4, 0.5) is 17.6 Å². The molecule has 0 saturated heterocycles. The van der Waals surface area contributed by atoms with Crippen molar-refractivity contribution < 1.29 is 41.7 Å². The monoisotopic (exact) mass is 479 g/mol. The number of carboxylic acids is 1. The smallest absolute Gasteiger partial charge is 0.461 e. The van der Waals surface area contributed by atoms with Crippen molar-refractivity contribution in [3.8, 4) is 10.8 Å². The summed E-state index contributed by atoms with van der Waals surface area (Å²) in [4.78, 5) is 24.4. The molecule has 2 heterocycles. The number of carbonyl (C=O) groups is 2. The van der Waals surface area contributed by atoms with Gasteiger partial charge in [0.1, 0.15) is 5.75 Å². The van der Waals surface area contributed by atoms with Gasteiger partial charge in [-0.05, 0) is 24.6 Å². The van der Waals surface area contributed by atoms with Gasteiger partial charge in [-0.1, -0.05) is 11.6 Å². The van der Waals surface area contributed by atoms with Crippen LogP contribution in [0.5, 0.6) is 10.8 Å². The maximum Gasteiger partial charge on any atom is 0.461 e. The van der Waals surface area contributed by atoms with Crippen LogP contribution in [0.1, 0.15) is 21.6 Å². The van der Waals surface area contributed by atoms with Crippen molar-refractivity contribution in [1.29, 1.82) is 0 Å². The Labute approximate surface area is 181 Å². The molecule has 0 aliphatic rings. The Morgan fingerprint density at radius 3 is 2.55 bits per heavy atom. The van der Waals surface area contributed by atoms with Crippen molar-refractivity contribution in [2.75, 3.05) is 7.11 Å². The molecule has 0 aliphatic carbocycles. The molecule has 6 nitrogen and oxygen atoms in total. The number of hydrogen-bond acceptors (Lipinski definition) is 5.